The van der Waals surface area contributed by atoms with Gasteiger partial charge in [0.15, 0.2) is 0 Å². The van der Waals surface area contributed by atoms with Crippen molar-refractivity contribution in [3.8, 4) is 0 Å². The summed E-state index contributed by atoms with van der Waals surface area (Å²) in [5, 5.41) is 3.80. The van der Waals surface area contributed by atoms with Gasteiger partial charge in [-0.15, -0.1) is 0 Å². The van der Waals surface area contributed by atoms with Gasteiger partial charge >= 0.3 is 0 Å². The van der Waals surface area contributed by atoms with Crippen molar-refractivity contribution in [2.24, 2.45) is 11.3 Å². The second kappa shape index (κ2) is 6.58. The first-order valence-corrected chi connectivity index (χ1v) is 8.20. The molecule has 1 fully saturated rings. The summed E-state index contributed by atoms with van der Waals surface area (Å²) < 4.78 is 0. The van der Waals surface area contributed by atoms with Gasteiger partial charge < -0.3 is 5.32 Å². The molecule has 1 N–H and O–H groups in total. The maximum absolute atomic E-state index is 3.80. The van der Waals surface area contributed by atoms with E-state index in [9.17, 15) is 0 Å². The van der Waals surface area contributed by atoms with E-state index in [4.69, 9.17) is 0 Å². The Morgan fingerprint density at radius 1 is 1.32 bits per heavy atom. The number of rotatable bonds is 5. The zero-order chi connectivity index (χ0) is 14.7. The van der Waals surface area contributed by atoms with Crippen molar-refractivity contribution in [3.05, 3.63) is 0 Å². The second-order valence-corrected chi connectivity index (χ2v) is 7.98. The third-order valence-corrected chi connectivity index (χ3v) is 5.15. The zero-order valence-corrected chi connectivity index (χ0v) is 14.3. The minimum absolute atomic E-state index is 0.342. The van der Waals surface area contributed by atoms with Gasteiger partial charge in [0.1, 0.15) is 0 Å². The fourth-order valence-electron chi connectivity index (χ4n) is 2.83. The van der Waals surface area contributed by atoms with Crippen LogP contribution in [-0.2, 0) is 0 Å². The Balaban J connectivity index is 2.68. The van der Waals surface area contributed by atoms with Crippen molar-refractivity contribution in [1.82, 2.24) is 10.2 Å². The largest absolute Gasteiger partial charge is 0.311 e. The lowest BCUT2D eigenvalue weighted by molar-refractivity contribution is 0.0283. The predicted molar refractivity (Wildman–Crippen MR) is 85.6 cm³/mol. The van der Waals surface area contributed by atoms with E-state index in [0.29, 0.717) is 17.0 Å². The minimum atomic E-state index is 0.342. The Morgan fingerprint density at radius 2 is 1.95 bits per heavy atom. The molecular weight excluding hydrogens is 232 g/mol. The number of hydrogen-bond acceptors (Lipinski definition) is 2. The Kier molecular flexibility index (Phi) is 5.88. The lowest BCUT2D eigenvalue weighted by Crippen LogP contribution is -2.64. The first-order chi connectivity index (χ1) is 8.72. The summed E-state index contributed by atoms with van der Waals surface area (Å²) in [5.41, 5.74) is 0.778. The molecule has 0 saturated carbocycles. The first kappa shape index (κ1) is 17.0. The molecule has 0 aromatic carbocycles. The zero-order valence-electron chi connectivity index (χ0n) is 14.3. The van der Waals surface area contributed by atoms with Crippen molar-refractivity contribution in [1.29, 1.82) is 0 Å². The molecule has 1 saturated heterocycles. The fourth-order valence-corrected chi connectivity index (χ4v) is 2.83. The molecule has 0 amide bonds. The van der Waals surface area contributed by atoms with E-state index in [1.54, 1.807) is 0 Å². The molecule has 1 heterocycles. The first-order valence-electron chi connectivity index (χ1n) is 8.20. The molecule has 2 nitrogen and oxygen atoms in total. The SMILES string of the molecule is CCC(C)C1CN(CCC(C)(C)C)C(C)(CC)CN1. The molecule has 2 heteroatoms. The lowest BCUT2D eigenvalue weighted by Gasteiger charge is -2.50. The van der Waals surface area contributed by atoms with Crippen LogP contribution in [0.3, 0.4) is 0 Å². The number of piperazine rings is 1. The summed E-state index contributed by atoms with van der Waals surface area (Å²) in [6.45, 7) is 20.1. The Morgan fingerprint density at radius 3 is 2.42 bits per heavy atom. The summed E-state index contributed by atoms with van der Waals surface area (Å²) in [6.07, 6.45) is 3.79. The van der Waals surface area contributed by atoms with Crippen molar-refractivity contribution in [3.63, 3.8) is 0 Å². The highest BCUT2D eigenvalue weighted by Crippen LogP contribution is 2.28. The molecule has 0 radical (unpaired) electrons. The minimum Gasteiger partial charge on any atom is -0.311 e. The van der Waals surface area contributed by atoms with E-state index in [1.807, 2.05) is 0 Å². The van der Waals surface area contributed by atoms with Crippen LogP contribution < -0.4 is 5.32 Å². The molecule has 3 atom stereocenters. The second-order valence-electron chi connectivity index (χ2n) is 7.98. The fraction of sp³-hybridized carbons (Fsp3) is 1.00. The summed E-state index contributed by atoms with van der Waals surface area (Å²) in [6, 6.07) is 0.671. The Bertz CT molecular complexity index is 269. The number of nitrogens with one attached hydrogen (secondary N) is 1. The average Bonchev–Trinajstić information content (AvgIpc) is 2.35. The van der Waals surface area contributed by atoms with Crippen LogP contribution in [0.15, 0.2) is 0 Å². The topological polar surface area (TPSA) is 15.3 Å². The van der Waals surface area contributed by atoms with Crippen LogP contribution in [0.25, 0.3) is 0 Å². The van der Waals surface area contributed by atoms with E-state index >= 15 is 0 Å². The molecule has 114 valence electrons. The van der Waals surface area contributed by atoms with Gasteiger partial charge in [0.25, 0.3) is 0 Å². The van der Waals surface area contributed by atoms with Crippen molar-refractivity contribution in [2.45, 2.75) is 79.3 Å². The van der Waals surface area contributed by atoms with Crippen LogP contribution in [0.1, 0.15) is 67.7 Å². The average molecular weight is 268 g/mol. The maximum atomic E-state index is 3.80. The summed E-state index contributed by atoms with van der Waals surface area (Å²) in [5.74, 6) is 0.776. The number of hydrogen-bond donors (Lipinski definition) is 1. The van der Waals surface area contributed by atoms with Gasteiger partial charge in [0, 0.05) is 24.7 Å². The van der Waals surface area contributed by atoms with Gasteiger partial charge in [-0.05, 0) is 37.6 Å². The molecule has 0 bridgehead atoms. The molecule has 19 heavy (non-hydrogen) atoms. The maximum Gasteiger partial charge on any atom is 0.0303 e. The monoisotopic (exact) mass is 268 g/mol. The van der Waals surface area contributed by atoms with Crippen molar-refractivity contribution < 1.29 is 0 Å². The van der Waals surface area contributed by atoms with Crippen LogP contribution in [0, 0.1) is 11.3 Å². The molecular formula is C17H36N2. The number of nitrogens with zero attached hydrogens (tertiary/aromatic N) is 1. The molecule has 1 aliphatic rings. The van der Waals surface area contributed by atoms with Gasteiger partial charge in [0.2, 0.25) is 0 Å². The molecule has 1 rings (SSSR count). The smallest absolute Gasteiger partial charge is 0.0303 e. The van der Waals surface area contributed by atoms with Gasteiger partial charge in [-0.3, -0.25) is 4.90 Å². The van der Waals surface area contributed by atoms with E-state index < -0.39 is 0 Å². The van der Waals surface area contributed by atoms with E-state index in [-0.39, 0.29) is 0 Å². The van der Waals surface area contributed by atoms with Crippen LogP contribution in [-0.4, -0.2) is 36.1 Å². The van der Waals surface area contributed by atoms with Crippen molar-refractivity contribution in [2.75, 3.05) is 19.6 Å². The van der Waals surface area contributed by atoms with Crippen LogP contribution in [0.2, 0.25) is 0 Å². The Labute approximate surface area is 121 Å². The van der Waals surface area contributed by atoms with E-state index in [0.717, 1.165) is 12.5 Å². The standard InChI is InChI=1S/C17H36N2/c1-8-14(3)15-12-19(11-10-16(4,5)6)17(7,9-2)13-18-15/h14-15,18H,8-13H2,1-7H3. The lowest BCUT2D eigenvalue weighted by atomic mass is 9.86. The van der Waals surface area contributed by atoms with Crippen LogP contribution in [0.4, 0.5) is 0 Å². The van der Waals surface area contributed by atoms with Gasteiger partial charge in [-0.25, -0.2) is 0 Å². The Hall–Kier alpha value is -0.0800. The molecule has 1 aliphatic heterocycles. The van der Waals surface area contributed by atoms with Crippen LogP contribution >= 0.6 is 0 Å². The predicted octanol–water partition coefficient (Wildman–Crippen LogP) is 3.91. The highest BCUT2D eigenvalue weighted by molar-refractivity contribution is 4.96. The molecule has 0 spiro atoms. The van der Waals surface area contributed by atoms with E-state index in [2.05, 4.69) is 58.7 Å². The third kappa shape index (κ3) is 4.75. The van der Waals surface area contributed by atoms with Gasteiger partial charge in [-0.1, -0.05) is 48.0 Å². The highest BCUT2D eigenvalue weighted by Gasteiger charge is 2.37. The summed E-state index contributed by atoms with van der Waals surface area (Å²) in [4.78, 5) is 2.76. The molecule has 0 aromatic rings. The quantitative estimate of drug-likeness (QED) is 0.813. The van der Waals surface area contributed by atoms with E-state index in [1.165, 1.54) is 32.4 Å². The molecule has 0 aliphatic carbocycles. The third-order valence-electron chi connectivity index (χ3n) is 5.15. The summed E-state index contributed by atoms with van der Waals surface area (Å²) in [7, 11) is 0. The molecule has 3 unspecified atom stereocenters. The highest BCUT2D eigenvalue weighted by atomic mass is 15.3. The van der Waals surface area contributed by atoms with Crippen LogP contribution in [0.5, 0.6) is 0 Å². The van der Waals surface area contributed by atoms with Gasteiger partial charge in [0.05, 0.1) is 0 Å². The van der Waals surface area contributed by atoms with Crippen molar-refractivity contribution >= 4 is 0 Å². The summed E-state index contributed by atoms with van der Waals surface area (Å²) >= 11 is 0. The van der Waals surface area contributed by atoms with Gasteiger partial charge in [-0.2, -0.15) is 0 Å². The molecule has 0 aromatic heterocycles. The normalized spacial score (nSPS) is 31.4.